The summed E-state index contributed by atoms with van der Waals surface area (Å²) in [4.78, 5) is 43.9. The molecule has 2 aromatic carbocycles. The minimum atomic E-state index is -1.13. The molecule has 4 unspecified atom stereocenters. The second kappa shape index (κ2) is 9.64. The van der Waals surface area contributed by atoms with E-state index in [1.165, 1.54) is 4.90 Å². The van der Waals surface area contributed by atoms with Crippen LogP contribution in [-0.2, 0) is 20.8 Å². The summed E-state index contributed by atoms with van der Waals surface area (Å²) in [6, 6.07) is 21.4. The summed E-state index contributed by atoms with van der Waals surface area (Å²) in [6.07, 6.45) is 6.10. The molecule has 0 saturated carbocycles. The standard InChI is InChI=1S/C28H25N3O4/c32-26-22-23(27(33)31(26)17-15-21-8-4-5-16-29-21)25(28(34)35)30-24(22)20-13-11-19(12-14-20)10-9-18-6-2-1-3-7-18/h1-14,16,22-25,30H,15,17H2,(H,34,35)/b10-9+. The first kappa shape index (κ1) is 22.7. The van der Waals surface area contributed by atoms with Gasteiger partial charge in [-0.2, -0.15) is 0 Å². The van der Waals surface area contributed by atoms with Gasteiger partial charge in [0.05, 0.1) is 11.8 Å². The number of hydrogen-bond acceptors (Lipinski definition) is 5. The summed E-state index contributed by atoms with van der Waals surface area (Å²) in [5.41, 5.74) is 3.62. The summed E-state index contributed by atoms with van der Waals surface area (Å²) in [7, 11) is 0. The van der Waals surface area contributed by atoms with Gasteiger partial charge in [0.25, 0.3) is 0 Å². The maximum Gasteiger partial charge on any atom is 0.321 e. The van der Waals surface area contributed by atoms with Crippen molar-refractivity contribution in [3.8, 4) is 0 Å². The number of hydrogen-bond donors (Lipinski definition) is 2. The lowest BCUT2D eigenvalue weighted by Crippen LogP contribution is -2.43. The van der Waals surface area contributed by atoms with Crippen LogP contribution in [0.2, 0.25) is 0 Å². The third-order valence-electron chi connectivity index (χ3n) is 6.71. The van der Waals surface area contributed by atoms with E-state index in [-0.39, 0.29) is 12.5 Å². The lowest BCUT2D eigenvalue weighted by atomic mass is 9.86. The van der Waals surface area contributed by atoms with E-state index < -0.39 is 35.8 Å². The Kier molecular flexibility index (Phi) is 6.25. The fraction of sp³-hybridized carbons (Fsp3) is 0.214. The Morgan fingerprint density at radius 1 is 0.886 bits per heavy atom. The molecule has 1 aromatic heterocycles. The zero-order valence-corrected chi connectivity index (χ0v) is 19.0. The molecule has 2 aliphatic heterocycles. The van der Waals surface area contributed by atoms with Crippen LogP contribution in [0.15, 0.2) is 79.0 Å². The van der Waals surface area contributed by atoms with Crippen molar-refractivity contribution in [3.05, 3.63) is 101 Å². The predicted octanol–water partition coefficient (Wildman–Crippen LogP) is 3.19. The SMILES string of the molecule is O=C(O)C1NC(c2ccc(/C=C/c3ccccc3)cc2)C2C(=O)N(CCc3ccccn3)C(=O)C12. The smallest absolute Gasteiger partial charge is 0.321 e. The van der Waals surface area contributed by atoms with Gasteiger partial charge in [-0.1, -0.05) is 72.8 Å². The summed E-state index contributed by atoms with van der Waals surface area (Å²) in [6.45, 7) is 0.184. The summed E-state index contributed by atoms with van der Waals surface area (Å²) >= 11 is 0. The Morgan fingerprint density at radius 2 is 1.54 bits per heavy atom. The molecule has 3 aromatic rings. The number of amides is 2. The first-order valence-corrected chi connectivity index (χ1v) is 11.6. The highest BCUT2D eigenvalue weighted by Crippen LogP contribution is 2.44. The lowest BCUT2D eigenvalue weighted by Gasteiger charge is -2.21. The molecule has 0 spiro atoms. The summed E-state index contributed by atoms with van der Waals surface area (Å²) < 4.78 is 0. The van der Waals surface area contributed by atoms with Gasteiger partial charge in [-0.25, -0.2) is 0 Å². The molecule has 0 radical (unpaired) electrons. The molecule has 176 valence electrons. The van der Waals surface area contributed by atoms with Crippen LogP contribution in [0.3, 0.4) is 0 Å². The Balaban J connectivity index is 1.36. The highest BCUT2D eigenvalue weighted by atomic mass is 16.4. The molecule has 2 fully saturated rings. The minimum absolute atomic E-state index is 0.184. The van der Waals surface area contributed by atoms with E-state index in [1.54, 1.807) is 12.3 Å². The Morgan fingerprint density at radius 3 is 2.20 bits per heavy atom. The zero-order valence-electron chi connectivity index (χ0n) is 19.0. The van der Waals surface area contributed by atoms with Crippen molar-refractivity contribution >= 4 is 29.9 Å². The van der Waals surface area contributed by atoms with Crippen molar-refractivity contribution in [2.24, 2.45) is 11.8 Å². The van der Waals surface area contributed by atoms with E-state index >= 15 is 0 Å². The van der Waals surface area contributed by atoms with Gasteiger partial charge in [-0.05, 0) is 28.8 Å². The minimum Gasteiger partial charge on any atom is -0.480 e. The molecule has 35 heavy (non-hydrogen) atoms. The highest BCUT2D eigenvalue weighted by Gasteiger charge is 2.60. The van der Waals surface area contributed by atoms with Crippen LogP contribution < -0.4 is 5.32 Å². The van der Waals surface area contributed by atoms with Crippen molar-refractivity contribution in [1.29, 1.82) is 0 Å². The molecule has 0 aliphatic carbocycles. The molecular weight excluding hydrogens is 442 g/mol. The number of carbonyl (C=O) groups excluding carboxylic acids is 2. The highest BCUT2D eigenvalue weighted by molar-refractivity contribution is 6.08. The van der Waals surface area contributed by atoms with Gasteiger partial charge in [0.1, 0.15) is 6.04 Å². The van der Waals surface area contributed by atoms with Gasteiger partial charge >= 0.3 is 5.97 Å². The number of nitrogens with zero attached hydrogens (tertiary/aromatic N) is 2. The molecule has 2 saturated heterocycles. The van der Waals surface area contributed by atoms with Crippen molar-refractivity contribution in [2.75, 3.05) is 6.54 Å². The molecule has 0 bridgehead atoms. The Labute approximate surface area is 203 Å². The molecule has 2 amide bonds. The predicted molar refractivity (Wildman–Crippen MR) is 131 cm³/mol. The summed E-state index contributed by atoms with van der Waals surface area (Å²) in [5, 5.41) is 12.8. The van der Waals surface area contributed by atoms with Crippen LogP contribution in [0.1, 0.15) is 28.4 Å². The Hall–Kier alpha value is -4.10. The van der Waals surface area contributed by atoms with Crippen LogP contribution in [0.4, 0.5) is 0 Å². The van der Waals surface area contributed by atoms with Crippen molar-refractivity contribution in [2.45, 2.75) is 18.5 Å². The van der Waals surface area contributed by atoms with Crippen LogP contribution in [0.25, 0.3) is 12.2 Å². The van der Waals surface area contributed by atoms with E-state index in [0.717, 1.165) is 22.4 Å². The Bertz CT molecular complexity index is 1260. The van der Waals surface area contributed by atoms with Gasteiger partial charge in [-0.15, -0.1) is 0 Å². The van der Waals surface area contributed by atoms with Gasteiger partial charge in [0.15, 0.2) is 0 Å². The van der Waals surface area contributed by atoms with Gasteiger partial charge in [-0.3, -0.25) is 29.6 Å². The first-order chi connectivity index (χ1) is 17.0. The molecule has 2 N–H and O–H groups in total. The lowest BCUT2D eigenvalue weighted by molar-refractivity contribution is -0.146. The second-order valence-corrected chi connectivity index (χ2v) is 8.82. The van der Waals surface area contributed by atoms with Gasteiger partial charge < -0.3 is 5.11 Å². The molecule has 3 heterocycles. The van der Waals surface area contributed by atoms with E-state index in [0.29, 0.717) is 6.42 Å². The number of aromatic nitrogens is 1. The number of carboxylic acids is 1. The third-order valence-corrected chi connectivity index (χ3v) is 6.71. The van der Waals surface area contributed by atoms with Crippen LogP contribution in [0, 0.1) is 11.8 Å². The number of likely N-dealkylation sites (tertiary alicyclic amines) is 1. The average molecular weight is 468 g/mol. The van der Waals surface area contributed by atoms with Crippen molar-refractivity contribution < 1.29 is 19.5 Å². The first-order valence-electron chi connectivity index (χ1n) is 11.6. The third kappa shape index (κ3) is 4.50. The van der Waals surface area contributed by atoms with Crippen LogP contribution in [0.5, 0.6) is 0 Å². The molecular formula is C28H25N3O4. The topological polar surface area (TPSA) is 99.6 Å². The van der Waals surface area contributed by atoms with Gasteiger partial charge in [0, 0.05) is 30.9 Å². The van der Waals surface area contributed by atoms with Crippen LogP contribution >= 0.6 is 0 Å². The van der Waals surface area contributed by atoms with E-state index in [4.69, 9.17) is 0 Å². The number of benzene rings is 2. The maximum absolute atomic E-state index is 13.3. The quantitative estimate of drug-likeness (QED) is 0.409. The second-order valence-electron chi connectivity index (χ2n) is 8.82. The number of fused-ring (bicyclic) bond motifs is 1. The van der Waals surface area contributed by atoms with Crippen LogP contribution in [-0.4, -0.2) is 45.4 Å². The molecule has 7 nitrogen and oxygen atoms in total. The zero-order chi connectivity index (χ0) is 24.4. The number of imide groups is 1. The largest absolute Gasteiger partial charge is 0.480 e. The maximum atomic E-state index is 13.3. The fourth-order valence-corrected chi connectivity index (χ4v) is 4.97. The monoisotopic (exact) mass is 467 g/mol. The molecule has 4 atom stereocenters. The van der Waals surface area contributed by atoms with Crippen molar-refractivity contribution in [3.63, 3.8) is 0 Å². The molecule has 5 rings (SSSR count). The number of carboxylic acid groups (broad SMARTS) is 1. The summed E-state index contributed by atoms with van der Waals surface area (Å²) in [5.74, 6) is -3.56. The number of carbonyl (C=O) groups is 3. The van der Waals surface area contributed by atoms with Crippen molar-refractivity contribution in [1.82, 2.24) is 15.2 Å². The number of aliphatic carboxylic acids is 1. The average Bonchev–Trinajstić information content (AvgIpc) is 3.40. The normalized spacial score (nSPS) is 23.7. The molecule has 7 heteroatoms. The number of pyridine rings is 1. The molecule has 2 aliphatic rings. The van der Waals surface area contributed by atoms with Gasteiger partial charge in [0.2, 0.25) is 11.8 Å². The van der Waals surface area contributed by atoms with E-state index in [1.807, 2.05) is 78.9 Å². The number of nitrogens with one attached hydrogen (secondary N) is 1. The fourth-order valence-electron chi connectivity index (χ4n) is 4.97. The van der Waals surface area contributed by atoms with E-state index in [2.05, 4.69) is 10.3 Å². The van der Waals surface area contributed by atoms with E-state index in [9.17, 15) is 19.5 Å². The number of rotatable bonds is 7.